The number of anilines is 1. The first kappa shape index (κ1) is 14.7. The summed E-state index contributed by atoms with van der Waals surface area (Å²) in [5.41, 5.74) is 6.60. The number of nitrogens with two attached hydrogens (primary N) is 1. The SMILES string of the molecule is CCC(C/C(N)=N/O)Nc1ccc2cc(Br)ccc2c1. The minimum atomic E-state index is 0.152. The lowest BCUT2D eigenvalue weighted by atomic mass is 10.1. The van der Waals surface area contributed by atoms with Crippen molar-refractivity contribution in [2.45, 2.75) is 25.8 Å². The van der Waals surface area contributed by atoms with Gasteiger partial charge in [0.1, 0.15) is 5.84 Å². The van der Waals surface area contributed by atoms with Crippen LogP contribution in [0.2, 0.25) is 0 Å². The molecule has 106 valence electrons. The molecule has 2 aromatic rings. The second-order valence-electron chi connectivity index (χ2n) is 4.75. The van der Waals surface area contributed by atoms with Gasteiger partial charge in [-0.05, 0) is 41.5 Å². The summed E-state index contributed by atoms with van der Waals surface area (Å²) in [5, 5.41) is 17.5. The van der Waals surface area contributed by atoms with E-state index in [0.29, 0.717) is 6.42 Å². The zero-order chi connectivity index (χ0) is 14.5. The lowest BCUT2D eigenvalue weighted by Crippen LogP contribution is -2.26. The first-order valence-corrected chi connectivity index (χ1v) is 7.34. The molecule has 5 heteroatoms. The van der Waals surface area contributed by atoms with E-state index in [1.807, 2.05) is 12.1 Å². The maximum Gasteiger partial charge on any atom is 0.141 e. The van der Waals surface area contributed by atoms with Gasteiger partial charge in [0.25, 0.3) is 0 Å². The third kappa shape index (κ3) is 3.63. The van der Waals surface area contributed by atoms with E-state index < -0.39 is 0 Å². The van der Waals surface area contributed by atoms with E-state index in [-0.39, 0.29) is 11.9 Å². The zero-order valence-corrected chi connectivity index (χ0v) is 12.9. The fourth-order valence-corrected chi connectivity index (χ4v) is 2.51. The topological polar surface area (TPSA) is 70.6 Å². The number of halogens is 1. The number of rotatable bonds is 5. The Morgan fingerprint density at radius 1 is 1.30 bits per heavy atom. The van der Waals surface area contributed by atoms with Crippen LogP contribution in [-0.2, 0) is 0 Å². The fraction of sp³-hybridized carbons (Fsp3) is 0.267. The smallest absolute Gasteiger partial charge is 0.141 e. The molecule has 2 rings (SSSR count). The number of fused-ring (bicyclic) bond motifs is 1. The summed E-state index contributed by atoms with van der Waals surface area (Å²) in [6.45, 7) is 2.07. The van der Waals surface area contributed by atoms with E-state index in [9.17, 15) is 0 Å². The van der Waals surface area contributed by atoms with E-state index in [4.69, 9.17) is 10.9 Å². The van der Waals surface area contributed by atoms with Crippen molar-refractivity contribution in [3.8, 4) is 0 Å². The fourth-order valence-electron chi connectivity index (χ4n) is 2.13. The van der Waals surface area contributed by atoms with Crippen LogP contribution in [0.3, 0.4) is 0 Å². The zero-order valence-electron chi connectivity index (χ0n) is 11.3. The monoisotopic (exact) mass is 335 g/mol. The molecule has 0 aliphatic carbocycles. The molecule has 0 aromatic heterocycles. The third-order valence-corrected chi connectivity index (χ3v) is 3.74. The summed E-state index contributed by atoms with van der Waals surface area (Å²) >= 11 is 3.47. The minimum absolute atomic E-state index is 0.152. The molecule has 4 N–H and O–H groups in total. The number of nitrogens with one attached hydrogen (secondary N) is 1. The number of hydrogen-bond acceptors (Lipinski definition) is 3. The van der Waals surface area contributed by atoms with Gasteiger partial charge < -0.3 is 16.3 Å². The standard InChI is InChI=1S/C15H18BrN3O/c1-2-13(9-15(17)19-20)18-14-6-4-10-7-12(16)5-3-11(10)8-14/h3-8,13,18,20H,2,9H2,1H3,(H2,17,19). The van der Waals surface area contributed by atoms with Crippen LogP contribution in [0.25, 0.3) is 10.8 Å². The first-order chi connectivity index (χ1) is 9.62. The molecule has 0 fully saturated rings. The Balaban J connectivity index is 2.18. The summed E-state index contributed by atoms with van der Waals surface area (Å²) in [4.78, 5) is 0. The Morgan fingerprint density at radius 3 is 2.70 bits per heavy atom. The average Bonchev–Trinajstić information content (AvgIpc) is 2.46. The van der Waals surface area contributed by atoms with Crippen LogP contribution < -0.4 is 11.1 Å². The van der Waals surface area contributed by atoms with Crippen molar-refractivity contribution >= 4 is 38.2 Å². The van der Waals surface area contributed by atoms with Crippen LogP contribution in [0, 0.1) is 0 Å². The molecule has 0 radical (unpaired) electrons. The van der Waals surface area contributed by atoms with Gasteiger partial charge in [0.05, 0.1) is 0 Å². The molecule has 2 aromatic carbocycles. The van der Waals surface area contributed by atoms with Gasteiger partial charge in [-0.2, -0.15) is 0 Å². The van der Waals surface area contributed by atoms with Crippen molar-refractivity contribution in [1.82, 2.24) is 0 Å². The molecule has 0 bridgehead atoms. The van der Waals surface area contributed by atoms with Crippen molar-refractivity contribution in [3.63, 3.8) is 0 Å². The lowest BCUT2D eigenvalue weighted by molar-refractivity contribution is 0.316. The second-order valence-corrected chi connectivity index (χ2v) is 5.67. The van der Waals surface area contributed by atoms with Crippen molar-refractivity contribution < 1.29 is 5.21 Å². The van der Waals surface area contributed by atoms with Crippen LogP contribution in [0.1, 0.15) is 19.8 Å². The molecule has 0 saturated carbocycles. The Bertz CT molecular complexity index is 628. The molecule has 0 heterocycles. The molecule has 1 atom stereocenters. The summed E-state index contributed by atoms with van der Waals surface area (Å²) in [6.07, 6.45) is 1.42. The predicted molar refractivity (Wildman–Crippen MR) is 87.4 cm³/mol. The number of hydrogen-bond donors (Lipinski definition) is 3. The molecule has 20 heavy (non-hydrogen) atoms. The van der Waals surface area contributed by atoms with Crippen molar-refractivity contribution in [3.05, 3.63) is 40.9 Å². The minimum Gasteiger partial charge on any atom is -0.409 e. The van der Waals surface area contributed by atoms with Crippen molar-refractivity contribution in [2.24, 2.45) is 10.9 Å². The number of nitrogens with zero attached hydrogens (tertiary/aromatic N) is 1. The largest absolute Gasteiger partial charge is 0.409 e. The maximum atomic E-state index is 8.64. The first-order valence-electron chi connectivity index (χ1n) is 6.54. The normalized spacial score (nSPS) is 13.4. The molecular weight excluding hydrogens is 318 g/mol. The molecule has 0 aliphatic rings. The van der Waals surface area contributed by atoms with Gasteiger partial charge in [-0.15, -0.1) is 0 Å². The molecule has 4 nitrogen and oxygen atoms in total. The Morgan fingerprint density at radius 2 is 2.00 bits per heavy atom. The Hall–Kier alpha value is -1.75. The molecule has 1 unspecified atom stereocenters. The van der Waals surface area contributed by atoms with Crippen LogP contribution in [0.5, 0.6) is 0 Å². The third-order valence-electron chi connectivity index (χ3n) is 3.25. The van der Waals surface area contributed by atoms with Crippen molar-refractivity contribution in [2.75, 3.05) is 5.32 Å². The van der Waals surface area contributed by atoms with Crippen LogP contribution in [-0.4, -0.2) is 17.1 Å². The van der Waals surface area contributed by atoms with Gasteiger partial charge in [-0.25, -0.2) is 0 Å². The second kappa shape index (κ2) is 6.61. The van der Waals surface area contributed by atoms with Crippen LogP contribution >= 0.6 is 15.9 Å². The molecular formula is C15H18BrN3O. The van der Waals surface area contributed by atoms with E-state index in [1.165, 1.54) is 10.8 Å². The maximum absolute atomic E-state index is 8.64. The van der Waals surface area contributed by atoms with E-state index in [0.717, 1.165) is 16.6 Å². The van der Waals surface area contributed by atoms with Gasteiger partial charge >= 0.3 is 0 Å². The molecule has 0 amide bonds. The lowest BCUT2D eigenvalue weighted by Gasteiger charge is -2.18. The summed E-state index contributed by atoms with van der Waals surface area (Å²) < 4.78 is 1.07. The highest BCUT2D eigenvalue weighted by Crippen LogP contribution is 2.23. The molecule has 0 saturated heterocycles. The van der Waals surface area contributed by atoms with E-state index in [2.05, 4.69) is 57.6 Å². The number of benzene rings is 2. The van der Waals surface area contributed by atoms with E-state index in [1.54, 1.807) is 0 Å². The van der Waals surface area contributed by atoms with Gasteiger partial charge in [0.15, 0.2) is 0 Å². The van der Waals surface area contributed by atoms with E-state index >= 15 is 0 Å². The number of amidine groups is 1. The quantitative estimate of drug-likeness (QED) is 0.335. The average molecular weight is 336 g/mol. The Kier molecular flexibility index (Phi) is 4.84. The summed E-state index contributed by atoms with van der Waals surface area (Å²) in [7, 11) is 0. The molecule has 0 spiro atoms. The van der Waals surface area contributed by atoms with Gasteiger partial charge in [0.2, 0.25) is 0 Å². The van der Waals surface area contributed by atoms with Gasteiger partial charge in [0, 0.05) is 22.6 Å². The molecule has 0 aliphatic heterocycles. The van der Waals surface area contributed by atoms with Gasteiger partial charge in [-0.1, -0.05) is 40.1 Å². The highest BCUT2D eigenvalue weighted by atomic mass is 79.9. The van der Waals surface area contributed by atoms with Crippen LogP contribution in [0.15, 0.2) is 46.0 Å². The highest BCUT2D eigenvalue weighted by molar-refractivity contribution is 9.10. The Labute approximate surface area is 126 Å². The van der Waals surface area contributed by atoms with Gasteiger partial charge in [-0.3, -0.25) is 0 Å². The number of oxime groups is 1. The highest BCUT2D eigenvalue weighted by Gasteiger charge is 2.09. The van der Waals surface area contributed by atoms with Crippen molar-refractivity contribution in [1.29, 1.82) is 0 Å². The summed E-state index contributed by atoms with van der Waals surface area (Å²) in [6, 6.07) is 12.6. The predicted octanol–water partition coefficient (Wildman–Crippen LogP) is 3.93. The summed E-state index contributed by atoms with van der Waals surface area (Å²) in [5.74, 6) is 0.245. The van der Waals surface area contributed by atoms with Crippen LogP contribution in [0.4, 0.5) is 5.69 Å².